The summed E-state index contributed by atoms with van der Waals surface area (Å²) in [4.78, 5) is 10.00. The fraction of sp³-hybridized carbons (Fsp3) is 0.800. The molecule has 0 saturated carbocycles. The zero-order valence-corrected chi connectivity index (χ0v) is 5.80. The van der Waals surface area contributed by atoms with Crippen molar-refractivity contribution < 1.29 is 30.3 Å². The topological polar surface area (TPSA) is 118 Å². The molecule has 0 spiro atoms. The van der Waals surface area contributed by atoms with Crippen LogP contribution >= 0.6 is 0 Å². The number of hydrogen-bond donors (Lipinski definition) is 5. The Bertz CT molecular complexity index is 151. The number of aliphatic hydroxyl groups is 4. The van der Waals surface area contributed by atoms with Crippen molar-refractivity contribution in [1.82, 2.24) is 0 Å². The Labute approximate surface area is 62.3 Å². The average molecular weight is 166 g/mol. The molecule has 0 aromatic carbocycles. The van der Waals surface area contributed by atoms with Gasteiger partial charge in [-0.05, 0) is 6.92 Å². The van der Waals surface area contributed by atoms with Crippen LogP contribution in [0.2, 0.25) is 0 Å². The van der Waals surface area contributed by atoms with Gasteiger partial charge in [-0.3, -0.25) is 0 Å². The van der Waals surface area contributed by atoms with Crippen molar-refractivity contribution in [3.8, 4) is 0 Å². The van der Waals surface area contributed by atoms with Crippen LogP contribution in [0.5, 0.6) is 0 Å². The molecule has 0 radical (unpaired) electrons. The largest absolute Gasteiger partial charge is 0.477 e. The summed E-state index contributed by atoms with van der Waals surface area (Å²) >= 11 is 0. The highest BCUT2D eigenvalue weighted by Crippen LogP contribution is 2.10. The minimum Gasteiger partial charge on any atom is -0.477 e. The summed E-state index contributed by atoms with van der Waals surface area (Å²) in [6.45, 7) is 1.04. The van der Waals surface area contributed by atoms with Gasteiger partial charge in [0, 0.05) is 0 Å². The average Bonchev–Trinajstić information content (AvgIpc) is 1.85. The third kappa shape index (κ3) is 2.12. The van der Waals surface area contributed by atoms with Crippen LogP contribution in [0.25, 0.3) is 0 Å². The Kier molecular flexibility index (Phi) is 2.94. The smallest absolute Gasteiger partial charge is 0.367 e. The summed E-state index contributed by atoms with van der Waals surface area (Å²) in [7, 11) is 0. The number of aliphatic carboxylic acids is 1. The molecule has 0 aliphatic carbocycles. The van der Waals surface area contributed by atoms with Crippen LogP contribution in [-0.2, 0) is 4.79 Å². The second-order valence-electron chi connectivity index (χ2n) is 2.22. The first-order valence-electron chi connectivity index (χ1n) is 2.84. The van der Waals surface area contributed by atoms with Crippen LogP contribution in [0.3, 0.4) is 0 Å². The fourth-order valence-corrected chi connectivity index (χ4v) is 0.463. The van der Waals surface area contributed by atoms with Gasteiger partial charge < -0.3 is 25.5 Å². The van der Waals surface area contributed by atoms with Crippen LogP contribution in [0.1, 0.15) is 6.92 Å². The maximum Gasteiger partial charge on any atom is 0.367 e. The summed E-state index contributed by atoms with van der Waals surface area (Å²) < 4.78 is 0. The standard InChI is InChI=1S/C5H10O6/c1-2(6)3(7)5(10,11)4(8)9/h2-3,6-7,10-11H,1H3,(H,8,9). The van der Waals surface area contributed by atoms with E-state index in [1.807, 2.05) is 0 Å². The normalized spacial score (nSPS) is 17.5. The molecule has 0 aromatic heterocycles. The van der Waals surface area contributed by atoms with E-state index < -0.39 is 24.0 Å². The van der Waals surface area contributed by atoms with E-state index in [4.69, 9.17) is 25.5 Å². The SMILES string of the molecule is CC(O)C(O)C(O)(O)C(=O)O. The van der Waals surface area contributed by atoms with Crippen LogP contribution in [0.4, 0.5) is 0 Å². The first-order chi connectivity index (χ1) is 4.80. The zero-order valence-electron chi connectivity index (χ0n) is 5.80. The van der Waals surface area contributed by atoms with Crippen LogP contribution < -0.4 is 0 Å². The monoisotopic (exact) mass is 166 g/mol. The first-order valence-corrected chi connectivity index (χ1v) is 2.84. The third-order valence-electron chi connectivity index (χ3n) is 1.18. The molecule has 11 heavy (non-hydrogen) atoms. The van der Waals surface area contributed by atoms with Gasteiger partial charge >= 0.3 is 5.97 Å². The Hall–Kier alpha value is -0.690. The molecule has 0 saturated heterocycles. The van der Waals surface area contributed by atoms with Gasteiger partial charge in [0.1, 0.15) is 6.10 Å². The molecule has 0 rings (SSSR count). The van der Waals surface area contributed by atoms with Crippen LogP contribution in [-0.4, -0.2) is 49.5 Å². The van der Waals surface area contributed by atoms with Gasteiger partial charge in [-0.1, -0.05) is 0 Å². The van der Waals surface area contributed by atoms with Crippen LogP contribution in [0, 0.1) is 0 Å². The zero-order chi connectivity index (χ0) is 9.23. The van der Waals surface area contributed by atoms with Crippen molar-refractivity contribution in [3.05, 3.63) is 0 Å². The molecule has 0 aromatic rings. The molecule has 0 fully saturated rings. The minimum atomic E-state index is -3.30. The lowest BCUT2D eigenvalue weighted by Gasteiger charge is -2.24. The molecule has 6 heteroatoms. The lowest BCUT2D eigenvalue weighted by atomic mass is 10.1. The fourth-order valence-electron chi connectivity index (χ4n) is 0.463. The van der Waals surface area contributed by atoms with Crippen molar-refractivity contribution in [2.75, 3.05) is 0 Å². The first kappa shape index (κ1) is 10.3. The molecule has 0 amide bonds. The highest BCUT2D eigenvalue weighted by atomic mass is 16.6. The van der Waals surface area contributed by atoms with Crippen molar-refractivity contribution in [1.29, 1.82) is 0 Å². The molecule has 0 bridgehead atoms. The van der Waals surface area contributed by atoms with E-state index in [0.717, 1.165) is 6.92 Å². The maximum atomic E-state index is 10.00. The van der Waals surface area contributed by atoms with Crippen molar-refractivity contribution >= 4 is 5.97 Å². The molecule has 5 N–H and O–H groups in total. The quantitative estimate of drug-likeness (QED) is 0.295. The van der Waals surface area contributed by atoms with Crippen molar-refractivity contribution in [2.45, 2.75) is 24.9 Å². The molecule has 0 aliphatic rings. The number of rotatable bonds is 3. The lowest BCUT2D eigenvalue weighted by Crippen LogP contribution is -2.53. The Balaban J connectivity index is 4.42. The predicted molar refractivity (Wildman–Crippen MR) is 32.5 cm³/mol. The molecular formula is C5H10O6. The predicted octanol–water partition coefficient (Wildman–Crippen LogP) is -2.51. The summed E-state index contributed by atoms with van der Waals surface area (Å²) in [5.74, 6) is -5.31. The number of aliphatic hydroxyl groups excluding tert-OH is 2. The van der Waals surface area contributed by atoms with E-state index in [9.17, 15) is 4.79 Å². The van der Waals surface area contributed by atoms with E-state index in [1.165, 1.54) is 0 Å². The highest BCUT2D eigenvalue weighted by molar-refractivity contribution is 5.75. The Morgan fingerprint density at radius 3 is 1.82 bits per heavy atom. The van der Waals surface area contributed by atoms with Gasteiger partial charge in [0.05, 0.1) is 6.10 Å². The molecule has 6 nitrogen and oxygen atoms in total. The second kappa shape index (κ2) is 3.14. The number of carboxylic acid groups (broad SMARTS) is 1. The Morgan fingerprint density at radius 2 is 1.73 bits per heavy atom. The van der Waals surface area contributed by atoms with Gasteiger partial charge in [0.15, 0.2) is 0 Å². The third-order valence-corrected chi connectivity index (χ3v) is 1.18. The number of carboxylic acids is 1. The Morgan fingerprint density at radius 1 is 1.36 bits per heavy atom. The molecule has 0 aliphatic heterocycles. The molecule has 2 atom stereocenters. The van der Waals surface area contributed by atoms with Gasteiger partial charge in [-0.15, -0.1) is 0 Å². The van der Waals surface area contributed by atoms with E-state index in [2.05, 4.69) is 0 Å². The van der Waals surface area contributed by atoms with Gasteiger partial charge in [-0.2, -0.15) is 0 Å². The summed E-state index contributed by atoms with van der Waals surface area (Å²) in [5.41, 5.74) is 0. The van der Waals surface area contributed by atoms with Gasteiger partial charge in [-0.25, -0.2) is 4.79 Å². The number of carbonyl (C=O) groups is 1. The van der Waals surface area contributed by atoms with Crippen molar-refractivity contribution in [3.63, 3.8) is 0 Å². The number of hydrogen-bond acceptors (Lipinski definition) is 5. The molecule has 2 unspecified atom stereocenters. The van der Waals surface area contributed by atoms with Crippen molar-refractivity contribution in [2.24, 2.45) is 0 Å². The van der Waals surface area contributed by atoms with E-state index >= 15 is 0 Å². The van der Waals surface area contributed by atoms with E-state index in [-0.39, 0.29) is 0 Å². The van der Waals surface area contributed by atoms with Gasteiger partial charge in [0.2, 0.25) is 0 Å². The van der Waals surface area contributed by atoms with E-state index in [0.29, 0.717) is 0 Å². The second-order valence-corrected chi connectivity index (χ2v) is 2.22. The van der Waals surface area contributed by atoms with Gasteiger partial charge in [0.25, 0.3) is 5.79 Å². The highest BCUT2D eigenvalue weighted by Gasteiger charge is 2.44. The summed E-state index contributed by atoms with van der Waals surface area (Å²) in [5, 5.41) is 42.5. The summed E-state index contributed by atoms with van der Waals surface area (Å²) in [6.07, 6.45) is -3.65. The maximum absolute atomic E-state index is 10.00. The molecular weight excluding hydrogens is 156 g/mol. The molecule has 66 valence electrons. The summed E-state index contributed by atoms with van der Waals surface area (Å²) in [6, 6.07) is 0. The minimum absolute atomic E-state index is 1.04. The lowest BCUT2D eigenvalue weighted by molar-refractivity contribution is -0.249. The molecule has 0 heterocycles. The van der Waals surface area contributed by atoms with Crippen LogP contribution in [0.15, 0.2) is 0 Å². The van der Waals surface area contributed by atoms with E-state index in [1.54, 1.807) is 0 Å².